The summed E-state index contributed by atoms with van der Waals surface area (Å²) in [4.78, 5) is 0. The predicted octanol–water partition coefficient (Wildman–Crippen LogP) is 3.31. The topological polar surface area (TPSA) is 69.4 Å². The number of hydrogen-bond donors (Lipinski definition) is 1. The molecule has 6 nitrogen and oxygen atoms in total. The molecule has 118 valence electrons. The second kappa shape index (κ2) is 6.18. The van der Waals surface area contributed by atoms with Crippen molar-refractivity contribution in [1.29, 1.82) is 0 Å². The molecule has 0 radical (unpaired) electrons. The minimum Gasteiger partial charge on any atom is -0.504 e. The lowest BCUT2D eigenvalue weighted by Crippen LogP contribution is -2.03. The Bertz CT molecular complexity index is 831. The normalized spacial score (nSPS) is 10.6. The number of ether oxygens (including phenoxy) is 2. The van der Waals surface area contributed by atoms with Crippen LogP contribution in [0, 0.1) is 0 Å². The molecule has 0 amide bonds. The third kappa shape index (κ3) is 2.80. The predicted molar refractivity (Wildman–Crippen MR) is 86.6 cm³/mol. The number of rotatable bonds is 4. The molecule has 0 aliphatic carbocycles. The molecule has 0 atom stereocenters. The molecule has 0 spiro atoms. The van der Waals surface area contributed by atoms with Gasteiger partial charge in [0.1, 0.15) is 11.4 Å². The van der Waals surface area contributed by atoms with Crippen LogP contribution in [-0.2, 0) is 0 Å². The fraction of sp³-hybridized carbons (Fsp3) is 0.125. The first-order valence-electron chi connectivity index (χ1n) is 6.76. The summed E-state index contributed by atoms with van der Waals surface area (Å²) in [7, 11) is 3.01. The number of hydrogen-bond acceptors (Lipinski definition) is 5. The van der Waals surface area contributed by atoms with Crippen LogP contribution >= 0.6 is 11.6 Å². The number of nitrogens with zero attached hydrogens (tertiary/aromatic N) is 3. The van der Waals surface area contributed by atoms with Gasteiger partial charge in [0, 0.05) is 22.7 Å². The Kier molecular flexibility index (Phi) is 4.08. The summed E-state index contributed by atoms with van der Waals surface area (Å²) in [5.41, 5.74) is 2.18. The summed E-state index contributed by atoms with van der Waals surface area (Å²) in [6.45, 7) is 0. The zero-order valence-corrected chi connectivity index (χ0v) is 13.3. The highest BCUT2D eigenvalue weighted by atomic mass is 35.5. The largest absolute Gasteiger partial charge is 0.504 e. The van der Waals surface area contributed by atoms with Gasteiger partial charge in [0.25, 0.3) is 0 Å². The molecule has 1 N–H and O–H groups in total. The molecular formula is C16H14ClN3O3. The number of benzene rings is 2. The van der Waals surface area contributed by atoms with Crippen LogP contribution in [0.1, 0.15) is 0 Å². The SMILES string of the molecule is COc1cc(OC)c(-n2nncc2-c2ccc(Cl)cc2)cc1O. The fourth-order valence-corrected chi connectivity index (χ4v) is 2.39. The molecule has 0 fully saturated rings. The van der Waals surface area contributed by atoms with Gasteiger partial charge < -0.3 is 14.6 Å². The maximum atomic E-state index is 10.0. The van der Waals surface area contributed by atoms with Gasteiger partial charge in [0.2, 0.25) is 0 Å². The van der Waals surface area contributed by atoms with Crippen LogP contribution < -0.4 is 9.47 Å². The first-order chi connectivity index (χ1) is 11.1. The van der Waals surface area contributed by atoms with E-state index in [1.54, 1.807) is 29.1 Å². The van der Waals surface area contributed by atoms with Gasteiger partial charge in [-0.3, -0.25) is 0 Å². The van der Waals surface area contributed by atoms with E-state index in [0.29, 0.717) is 22.2 Å². The van der Waals surface area contributed by atoms with Crippen molar-refractivity contribution in [2.75, 3.05) is 14.2 Å². The van der Waals surface area contributed by atoms with Gasteiger partial charge in [-0.25, -0.2) is 4.68 Å². The first kappa shape index (κ1) is 15.2. The van der Waals surface area contributed by atoms with E-state index in [-0.39, 0.29) is 5.75 Å². The minimum absolute atomic E-state index is 0.0131. The van der Waals surface area contributed by atoms with Crippen molar-refractivity contribution >= 4 is 11.6 Å². The van der Waals surface area contributed by atoms with Crippen LogP contribution in [0.4, 0.5) is 0 Å². The zero-order chi connectivity index (χ0) is 16.4. The summed E-state index contributed by atoms with van der Waals surface area (Å²) in [5.74, 6) is 0.806. The van der Waals surface area contributed by atoms with Gasteiger partial charge in [0.15, 0.2) is 11.5 Å². The van der Waals surface area contributed by atoms with Crippen molar-refractivity contribution in [3.8, 4) is 34.2 Å². The quantitative estimate of drug-likeness (QED) is 0.794. The van der Waals surface area contributed by atoms with Gasteiger partial charge >= 0.3 is 0 Å². The van der Waals surface area contributed by atoms with Crippen molar-refractivity contribution in [1.82, 2.24) is 15.0 Å². The Hall–Kier alpha value is -2.73. The highest BCUT2D eigenvalue weighted by Crippen LogP contribution is 2.37. The van der Waals surface area contributed by atoms with Crippen molar-refractivity contribution < 1.29 is 14.6 Å². The Morgan fingerprint density at radius 2 is 1.74 bits per heavy atom. The molecule has 7 heteroatoms. The van der Waals surface area contributed by atoms with Crippen molar-refractivity contribution in [3.63, 3.8) is 0 Å². The molecule has 0 aliphatic heterocycles. The maximum Gasteiger partial charge on any atom is 0.164 e. The Morgan fingerprint density at radius 1 is 1.04 bits per heavy atom. The van der Waals surface area contributed by atoms with Gasteiger partial charge in [-0.05, 0) is 12.1 Å². The van der Waals surface area contributed by atoms with E-state index < -0.39 is 0 Å². The highest BCUT2D eigenvalue weighted by Gasteiger charge is 2.16. The van der Waals surface area contributed by atoms with Crippen LogP contribution in [-0.4, -0.2) is 34.3 Å². The molecule has 3 aromatic rings. The molecular weight excluding hydrogens is 318 g/mol. The number of halogens is 1. The molecule has 0 aliphatic rings. The van der Waals surface area contributed by atoms with Gasteiger partial charge in [0.05, 0.1) is 26.1 Å². The lowest BCUT2D eigenvalue weighted by Gasteiger charge is -2.13. The fourth-order valence-electron chi connectivity index (χ4n) is 2.26. The van der Waals surface area contributed by atoms with Gasteiger partial charge in [-0.15, -0.1) is 5.10 Å². The third-order valence-corrected chi connectivity index (χ3v) is 3.65. The van der Waals surface area contributed by atoms with Crippen LogP contribution in [0.3, 0.4) is 0 Å². The molecule has 0 saturated heterocycles. The smallest absolute Gasteiger partial charge is 0.164 e. The first-order valence-corrected chi connectivity index (χ1v) is 7.14. The average molecular weight is 332 g/mol. The molecule has 1 heterocycles. The molecule has 0 bridgehead atoms. The number of aromatic hydroxyl groups is 1. The monoisotopic (exact) mass is 331 g/mol. The van der Waals surface area contributed by atoms with E-state index in [9.17, 15) is 5.11 Å². The zero-order valence-electron chi connectivity index (χ0n) is 12.5. The second-order valence-corrected chi connectivity index (χ2v) is 5.17. The van der Waals surface area contributed by atoms with Gasteiger partial charge in [-0.2, -0.15) is 0 Å². The van der Waals surface area contributed by atoms with Crippen molar-refractivity contribution in [3.05, 3.63) is 47.6 Å². The van der Waals surface area contributed by atoms with E-state index in [1.807, 2.05) is 12.1 Å². The van der Waals surface area contributed by atoms with E-state index in [2.05, 4.69) is 10.3 Å². The van der Waals surface area contributed by atoms with Crippen molar-refractivity contribution in [2.45, 2.75) is 0 Å². The Labute approximate surface area is 137 Å². The third-order valence-electron chi connectivity index (χ3n) is 3.40. The number of phenolic OH excluding ortho intramolecular Hbond substituents is 1. The van der Waals surface area contributed by atoms with E-state index in [1.165, 1.54) is 20.3 Å². The Balaban J connectivity index is 2.15. The number of phenols is 1. The number of methoxy groups -OCH3 is 2. The van der Waals surface area contributed by atoms with E-state index in [0.717, 1.165) is 11.3 Å². The standard InChI is InChI=1S/C16H14ClN3O3/c1-22-15-8-16(23-2)14(21)7-12(15)20-13(9-18-19-20)10-3-5-11(17)6-4-10/h3-9,21H,1-2H3. The molecule has 0 unspecified atom stereocenters. The summed E-state index contributed by atoms with van der Waals surface area (Å²) in [6, 6.07) is 10.4. The molecule has 2 aromatic carbocycles. The second-order valence-electron chi connectivity index (χ2n) is 4.73. The van der Waals surface area contributed by atoms with Crippen molar-refractivity contribution in [2.24, 2.45) is 0 Å². The van der Waals surface area contributed by atoms with Crippen LogP contribution in [0.2, 0.25) is 5.02 Å². The van der Waals surface area contributed by atoms with Crippen LogP contribution in [0.5, 0.6) is 17.2 Å². The van der Waals surface area contributed by atoms with E-state index in [4.69, 9.17) is 21.1 Å². The Morgan fingerprint density at radius 3 is 2.39 bits per heavy atom. The summed E-state index contributed by atoms with van der Waals surface area (Å²) < 4.78 is 12.1. The summed E-state index contributed by atoms with van der Waals surface area (Å²) in [6.07, 6.45) is 1.63. The molecule has 1 aromatic heterocycles. The lowest BCUT2D eigenvalue weighted by molar-refractivity contribution is 0.363. The number of aromatic nitrogens is 3. The molecule has 0 saturated carbocycles. The minimum atomic E-state index is -0.0131. The molecule has 3 rings (SSSR count). The summed E-state index contributed by atoms with van der Waals surface area (Å²) >= 11 is 5.93. The highest BCUT2D eigenvalue weighted by molar-refractivity contribution is 6.30. The average Bonchev–Trinajstić information content (AvgIpc) is 3.04. The summed E-state index contributed by atoms with van der Waals surface area (Å²) in [5, 5.41) is 18.7. The van der Waals surface area contributed by atoms with Crippen LogP contribution in [0.15, 0.2) is 42.6 Å². The van der Waals surface area contributed by atoms with E-state index >= 15 is 0 Å². The van der Waals surface area contributed by atoms with Gasteiger partial charge in [-0.1, -0.05) is 28.9 Å². The van der Waals surface area contributed by atoms with Crippen LogP contribution in [0.25, 0.3) is 16.9 Å². The lowest BCUT2D eigenvalue weighted by atomic mass is 10.1. The maximum absolute atomic E-state index is 10.0. The molecule has 23 heavy (non-hydrogen) atoms.